The van der Waals surface area contributed by atoms with Crippen LogP contribution in [-0.2, 0) is 14.3 Å². The molecule has 1 spiro atoms. The third kappa shape index (κ3) is 3.21. The zero-order valence-corrected chi connectivity index (χ0v) is 17.9. The summed E-state index contributed by atoms with van der Waals surface area (Å²) < 4.78 is 16.5. The molecule has 2 bridgehead atoms. The molecular formula is C23H33NO5. The number of carbonyl (C=O) groups excluding carboxylic acids is 1. The lowest BCUT2D eigenvalue weighted by Crippen LogP contribution is -2.59. The SMILES string of the molecule is COCCC(=O)N[C@H]1C(C)(C)[C@@H]2C[C@@H]3[C@@H](c4ccc(OC)c(O)c4)OCC[C@@]31C2. The van der Waals surface area contributed by atoms with Crippen LogP contribution in [0.25, 0.3) is 0 Å². The number of hydrogen-bond acceptors (Lipinski definition) is 5. The van der Waals surface area contributed by atoms with Crippen LogP contribution in [0, 0.1) is 22.7 Å². The summed E-state index contributed by atoms with van der Waals surface area (Å²) >= 11 is 0. The van der Waals surface area contributed by atoms with E-state index in [4.69, 9.17) is 14.2 Å². The first-order chi connectivity index (χ1) is 13.8. The summed E-state index contributed by atoms with van der Waals surface area (Å²) in [6, 6.07) is 5.69. The second kappa shape index (κ2) is 7.47. The number of benzene rings is 1. The number of hydrogen-bond donors (Lipinski definition) is 2. The smallest absolute Gasteiger partial charge is 0.222 e. The van der Waals surface area contributed by atoms with E-state index in [-0.39, 0.29) is 34.6 Å². The monoisotopic (exact) mass is 403 g/mol. The molecule has 0 aromatic heterocycles. The van der Waals surface area contributed by atoms with E-state index in [0.717, 1.165) is 24.8 Å². The summed E-state index contributed by atoms with van der Waals surface area (Å²) in [5.41, 5.74) is 1.08. The first-order valence-corrected chi connectivity index (χ1v) is 10.6. The molecule has 0 unspecified atom stereocenters. The van der Waals surface area contributed by atoms with E-state index >= 15 is 0 Å². The summed E-state index contributed by atoms with van der Waals surface area (Å²) in [4.78, 5) is 12.6. The van der Waals surface area contributed by atoms with Gasteiger partial charge in [0, 0.05) is 26.2 Å². The predicted octanol–water partition coefficient (Wildman–Crippen LogP) is 3.44. The van der Waals surface area contributed by atoms with E-state index in [1.165, 1.54) is 0 Å². The fourth-order valence-corrected chi connectivity index (χ4v) is 6.43. The first kappa shape index (κ1) is 20.5. The van der Waals surface area contributed by atoms with Crippen LogP contribution >= 0.6 is 0 Å². The van der Waals surface area contributed by atoms with Crippen molar-refractivity contribution in [2.24, 2.45) is 22.7 Å². The van der Waals surface area contributed by atoms with Gasteiger partial charge in [0.05, 0.1) is 19.8 Å². The van der Waals surface area contributed by atoms with Crippen molar-refractivity contribution in [1.29, 1.82) is 0 Å². The zero-order chi connectivity index (χ0) is 20.8. The van der Waals surface area contributed by atoms with E-state index in [9.17, 15) is 9.90 Å². The molecule has 1 aromatic carbocycles. The van der Waals surface area contributed by atoms with E-state index in [0.29, 0.717) is 37.2 Å². The van der Waals surface area contributed by atoms with Gasteiger partial charge in [-0.2, -0.15) is 0 Å². The molecule has 1 amide bonds. The van der Waals surface area contributed by atoms with Gasteiger partial charge >= 0.3 is 0 Å². The standard InChI is InChI=1S/C23H33NO5/c1-22(2)15-12-16-20(14-5-6-18(28-4)17(25)11-14)29-10-8-23(16,13-15)21(22)24-19(26)7-9-27-3/h5-6,11,15-16,20-21,25H,7-10,12-13H2,1-4H3,(H,24,26)/t15-,16-,20-,21+,23-/m1/s1. The van der Waals surface area contributed by atoms with Crippen LogP contribution in [0.2, 0.25) is 0 Å². The van der Waals surface area contributed by atoms with Crippen LogP contribution in [0.5, 0.6) is 11.5 Å². The minimum absolute atomic E-state index is 0.0371. The Kier molecular flexibility index (Phi) is 5.28. The summed E-state index contributed by atoms with van der Waals surface area (Å²) in [6.07, 6.45) is 3.50. The number of aromatic hydroxyl groups is 1. The molecule has 6 nitrogen and oxygen atoms in total. The lowest BCUT2D eigenvalue weighted by molar-refractivity contribution is -0.137. The Hall–Kier alpha value is -1.79. The van der Waals surface area contributed by atoms with Crippen molar-refractivity contribution in [3.8, 4) is 11.5 Å². The van der Waals surface area contributed by atoms with Crippen molar-refractivity contribution < 1.29 is 24.1 Å². The van der Waals surface area contributed by atoms with E-state index in [1.54, 1.807) is 26.4 Å². The number of fused-ring (bicyclic) bond motifs is 1. The van der Waals surface area contributed by atoms with Gasteiger partial charge in [0.2, 0.25) is 5.91 Å². The maximum Gasteiger partial charge on any atom is 0.222 e. The Morgan fingerprint density at radius 1 is 1.34 bits per heavy atom. The molecule has 29 heavy (non-hydrogen) atoms. The number of phenols is 1. The van der Waals surface area contributed by atoms with E-state index in [2.05, 4.69) is 19.2 Å². The van der Waals surface area contributed by atoms with Gasteiger partial charge in [0.1, 0.15) is 0 Å². The Morgan fingerprint density at radius 3 is 2.83 bits per heavy atom. The third-order valence-corrected chi connectivity index (χ3v) is 7.87. The molecule has 2 saturated carbocycles. The molecule has 1 aliphatic heterocycles. The molecule has 2 N–H and O–H groups in total. The summed E-state index contributed by atoms with van der Waals surface area (Å²) in [5.74, 6) is 1.56. The fraction of sp³-hybridized carbons (Fsp3) is 0.696. The highest BCUT2D eigenvalue weighted by molar-refractivity contribution is 5.76. The van der Waals surface area contributed by atoms with Gasteiger partial charge in [-0.05, 0) is 59.6 Å². The zero-order valence-electron chi connectivity index (χ0n) is 17.9. The van der Waals surface area contributed by atoms with Crippen molar-refractivity contribution in [2.75, 3.05) is 27.4 Å². The summed E-state index contributed by atoms with van der Waals surface area (Å²) in [5, 5.41) is 13.7. The average Bonchev–Trinajstić information content (AvgIpc) is 3.18. The largest absolute Gasteiger partial charge is 0.504 e. The number of phenolic OH excluding ortho intramolecular Hbond substituents is 1. The molecule has 1 heterocycles. The van der Waals surface area contributed by atoms with Crippen molar-refractivity contribution in [2.45, 2.75) is 51.7 Å². The molecule has 0 radical (unpaired) electrons. The van der Waals surface area contributed by atoms with Crippen LogP contribution in [0.3, 0.4) is 0 Å². The molecular weight excluding hydrogens is 370 g/mol. The van der Waals surface area contributed by atoms with Crippen LogP contribution in [-0.4, -0.2) is 44.5 Å². The van der Waals surface area contributed by atoms with Crippen molar-refractivity contribution >= 4 is 5.91 Å². The highest BCUT2D eigenvalue weighted by atomic mass is 16.5. The highest BCUT2D eigenvalue weighted by Gasteiger charge is 2.68. The number of ether oxygens (including phenoxy) is 3. The van der Waals surface area contributed by atoms with Crippen molar-refractivity contribution in [1.82, 2.24) is 5.32 Å². The normalized spacial score (nSPS) is 34.6. The molecule has 3 fully saturated rings. The van der Waals surface area contributed by atoms with Crippen molar-refractivity contribution in [3.05, 3.63) is 23.8 Å². The maximum atomic E-state index is 12.6. The Bertz CT molecular complexity index is 779. The van der Waals surface area contributed by atoms with Gasteiger partial charge < -0.3 is 24.6 Å². The fourth-order valence-electron chi connectivity index (χ4n) is 6.43. The lowest BCUT2D eigenvalue weighted by Gasteiger charge is -2.53. The molecule has 1 aromatic rings. The molecule has 6 heteroatoms. The molecule has 5 atom stereocenters. The quantitative estimate of drug-likeness (QED) is 0.761. The third-order valence-electron chi connectivity index (χ3n) is 7.87. The van der Waals surface area contributed by atoms with Crippen LogP contribution in [0.1, 0.15) is 51.2 Å². The van der Waals surface area contributed by atoms with Crippen LogP contribution < -0.4 is 10.1 Å². The van der Waals surface area contributed by atoms with Crippen molar-refractivity contribution in [3.63, 3.8) is 0 Å². The lowest BCUT2D eigenvalue weighted by atomic mass is 9.59. The van der Waals surface area contributed by atoms with Crippen LogP contribution in [0.15, 0.2) is 18.2 Å². The van der Waals surface area contributed by atoms with E-state index < -0.39 is 0 Å². The molecule has 160 valence electrons. The minimum atomic E-state index is -0.0694. The molecule has 3 aliphatic rings. The van der Waals surface area contributed by atoms with Gasteiger partial charge in [-0.1, -0.05) is 19.9 Å². The molecule has 2 aliphatic carbocycles. The van der Waals surface area contributed by atoms with Gasteiger partial charge in [0.15, 0.2) is 11.5 Å². The Balaban J connectivity index is 1.63. The average molecular weight is 404 g/mol. The molecule has 4 rings (SSSR count). The highest BCUT2D eigenvalue weighted by Crippen LogP contribution is 2.70. The minimum Gasteiger partial charge on any atom is -0.504 e. The van der Waals surface area contributed by atoms with Gasteiger partial charge in [-0.15, -0.1) is 0 Å². The first-order valence-electron chi connectivity index (χ1n) is 10.6. The number of carbonyl (C=O) groups is 1. The number of nitrogens with one attached hydrogen (secondary N) is 1. The molecule has 1 saturated heterocycles. The second-order valence-electron chi connectivity index (χ2n) is 9.51. The topological polar surface area (TPSA) is 77.0 Å². The number of amides is 1. The Morgan fingerprint density at radius 2 is 2.14 bits per heavy atom. The number of methoxy groups -OCH3 is 2. The second-order valence-corrected chi connectivity index (χ2v) is 9.51. The van der Waals surface area contributed by atoms with Crippen LogP contribution in [0.4, 0.5) is 0 Å². The van der Waals surface area contributed by atoms with Gasteiger partial charge in [0.25, 0.3) is 0 Å². The predicted molar refractivity (Wildman–Crippen MR) is 109 cm³/mol. The maximum absolute atomic E-state index is 12.6. The van der Waals surface area contributed by atoms with Gasteiger partial charge in [-0.25, -0.2) is 0 Å². The van der Waals surface area contributed by atoms with E-state index in [1.807, 2.05) is 6.07 Å². The summed E-state index contributed by atoms with van der Waals surface area (Å²) in [6.45, 7) is 5.71. The number of rotatable bonds is 6. The summed E-state index contributed by atoms with van der Waals surface area (Å²) in [7, 11) is 3.17. The van der Waals surface area contributed by atoms with Gasteiger partial charge in [-0.3, -0.25) is 4.79 Å². The Labute approximate surface area is 172 Å².